The maximum Gasteiger partial charge on any atom is 0.422 e. The van der Waals surface area contributed by atoms with E-state index in [0.717, 1.165) is 24.8 Å². The number of halogens is 3. The van der Waals surface area contributed by atoms with E-state index in [1.807, 2.05) is 0 Å². The minimum atomic E-state index is -4.36. The standard InChI is InChI=1S/C22H29F3O5/c1-2-3-4-16-11-26-20(27-12-16)10-5-17-13-28-21(29-14-17)18-6-8-19(9-7-18)30-15-22(23,24)25/h3-4,6-9,16-17,20-21H,2,5,10-15H2,1H3. The first-order chi connectivity index (χ1) is 14.4. The second-order valence-corrected chi connectivity index (χ2v) is 7.61. The Hall–Kier alpha value is -1.61. The summed E-state index contributed by atoms with van der Waals surface area (Å²) in [5.41, 5.74) is 0.748. The van der Waals surface area contributed by atoms with Crippen molar-refractivity contribution in [2.45, 2.75) is 44.9 Å². The van der Waals surface area contributed by atoms with Crippen LogP contribution < -0.4 is 4.74 Å². The lowest BCUT2D eigenvalue weighted by atomic mass is 10.0. The van der Waals surface area contributed by atoms with E-state index in [-0.39, 0.29) is 18.0 Å². The van der Waals surface area contributed by atoms with Crippen molar-refractivity contribution in [2.24, 2.45) is 11.8 Å². The van der Waals surface area contributed by atoms with Crippen LogP contribution in [0.25, 0.3) is 0 Å². The summed E-state index contributed by atoms with van der Waals surface area (Å²) in [6.07, 6.45) is 1.89. The van der Waals surface area contributed by atoms with Crippen molar-refractivity contribution < 1.29 is 36.9 Å². The van der Waals surface area contributed by atoms with Gasteiger partial charge in [-0.05, 0) is 31.4 Å². The molecule has 0 bridgehead atoms. The van der Waals surface area contributed by atoms with Crippen LogP contribution in [0.15, 0.2) is 36.4 Å². The van der Waals surface area contributed by atoms with Gasteiger partial charge in [0.15, 0.2) is 19.2 Å². The maximum absolute atomic E-state index is 12.2. The van der Waals surface area contributed by atoms with Crippen LogP contribution >= 0.6 is 0 Å². The van der Waals surface area contributed by atoms with E-state index in [1.54, 1.807) is 12.1 Å². The summed E-state index contributed by atoms with van der Waals surface area (Å²) < 4.78 is 64.5. The third kappa shape index (κ3) is 7.58. The minimum absolute atomic E-state index is 0.157. The Morgan fingerprint density at radius 1 is 0.967 bits per heavy atom. The molecule has 30 heavy (non-hydrogen) atoms. The van der Waals surface area contributed by atoms with Crippen LogP contribution in [-0.4, -0.2) is 45.5 Å². The van der Waals surface area contributed by atoms with Crippen molar-refractivity contribution in [2.75, 3.05) is 33.0 Å². The Morgan fingerprint density at radius 3 is 2.23 bits per heavy atom. The number of rotatable bonds is 8. The third-order valence-corrected chi connectivity index (χ3v) is 4.97. The molecule has 0 N–H and O–H groups in total. The lowest BCUT2D eigenvalue weighted by Crippen LogP contribution is -2.33. The van der Waals surface area contributed by atoms with E-state index >= 15 is 0 Å². The van der Waals surface area contributed by atoms with Crippen molar-refractivity contribution in [1.82, 2.24) is 0 Å². The Kier molecular flexibility index (Phi) is 8.56. The molecule has 8 heteroatoms. The smallest absolute Gasteiger partial charge is 0.422 e. The van der Waals surface area contributed by atoms with Crippen LogP contribution in [0.5, 0.6) is 5.75 Å². The van der Waals surface area contributed by atoms with E-state index in [4.69, 9.17) is 23.7 Å². The molecule has 2 aliphatic rings. The van der Waals surface area contributed by atoms with Crippen molar-refractivity contribution >= 4 is 0 Å². The average Bonchev–Trinajstić information content (AvgIpc) is 2.76. The molecule has 1 aromatic rings. The Morgan fingerprint density at radius 2 is 1.63 bits per heavy atom. The zero-order chi connectivity index (χ0) is 21.4. The zero-order valence-electron chi connectivity index (χ0n) is 17.1. The van der Waals surface area contributed by atoms with Gasteiger partial charge in [-0.15, -0.1) is 0 Å². The van der Waals surface area contributed by atoms with E-state index < -0.39 is 19.1 Å². The Bertz CT molecular complexity index is 646. The monoisotopic (exact) mass is 430 g/mol. The molecule has 0 spiro atoms. The molecule has 2 heterocycles. The summed E-state index contributed by atoms with van der Waals surface area (Å²) in [5.74, 6) is 0.735. The molecule has 168 valence electrons. The summed E-state index contributed by atoms with van der Waals surface area (Å²) in [6, 6.07) is 6.29. The number of ether oxygens (including phenoxy) is 5. The zero-order valence-corrected chi connectivity index (χ0v) is 17.1. The van der Waals surface area contributed by atoms with Crippen molar-refractivity contribution in [3.05, 3.63) is 42.0 Å². The highest BCUT2D eigenvalue weighted by atomic mass is 19.4. The molecule has 0 amide bonds. The Balaban J connectivity index is 1.34. The second-order valence-electron chi connectivity index (χ2n) is 7.61. The Labute approximate surface area is 175 Å². The second kappa shape index (κ2) is 11.1. The van der Waals surface area contributed by atoms with E-state index in [1.165, 1.54) is 12.1 Å². The highest BCUT2D eigenvalue weighted by Crippen LogP contribution is 2.29. The largest absolute Gasteiger partial charge is 0.484 e. The van der Waals surface area contributed by atoms with Gasteiger partial charge < -0.3 is 23.7 Å². The van der Waals surface area contributed by atoms with Crippen molar-refractivity contribution in [3.8, 4) is 5.75 Å². The number of hydrogen-bond donors (Lipinski definition) is 0. The van der Waals surface area contributed by atoms with Gasteiger partial charge in [0.05, 0.1) is 26.4 Å². The predicted molar refractivity (Wildman–Crippen MR) is 104 cm³/mol. The van der Waals surface area contributed by atoms with Gasteiger partial charge in [-0.1, -0.05) is 31.2 Å². The molecule has 5 nitrogen and oxygen atoms in total. The molecule has 2 saturated heterocycles. The van der Waals surface area contributed by atoms with Gasteiger partial charge in [-0.3, -0.25) is 0 Å². The average molecular weight is 430 g/mol. The fourth-order valence-corrected chi connectivity index (χ4v) is 3.32. The first kappa shape index (κ1) is 23.1. The molecule has 0 saturated carbocycles. The van der Waals surface area contributed by atoms with Gasteiger partial charge in [0.25, 0.3) is 0 Å². The molecule has 2 fully saturated rings. The lowest BCUT2D eigenvalue weighted by Gasteiger charge is -2.32. The minimum Gasteiger partial charge on any atom is -0.484 e. The summed E-state index contributed by atoms with van der Waals surface area (Å²) in [4.78, 5) is 0. The van der Waals surface area contributed by atoms with Crippen LogP contribution in [-0.2, 0) is 18.9 Å². The predicted octanol–water partition coefficient (Wildman–Crippen LogP) is 5.02. The highest BCUT2D eigenvalue weighted by molar-refractivity contribution is 5.28. The van der Waals surface area contributed by atoms with Gasteiger partial charge in [-0.2, -0.15) is 13.2 Å². The van der Waals surface area contributed by atoms with Gasteiger partial charge in [0, 0.05) is 17.4 Å². The summed E-state index contributed by atoms with van der Waals surface area (Å²) >= 11 is 0. The molecule has 0 unspecified atom stereocenters. The van der Waals surface area contributed by atoms with Gasteiger partial charge in [0.1, 0.15) is 5.75 Å². The molecule has 0 atom stereocenters. The molecular weight excluding hydrogens is 401 g/mol. The number of hydrogen-bond acceptors (Lipinski definition) is 5. The number of alkyl halides is 3. The number of benzene rings is 1. The normalized spacial score (nSPS) is 28.0. The van der Waals surface area contributed by atoms with Crippen LogP contribution in [0.2, 0.25) is 0 Å². The van der Waals surface area contributed by atoms with Crippen molar-refractivity contribution in [1.29, 1.82) is 0 Å². The molecule has 0 aromatic heterocycles. The third-order valence-electron chi connectivity index (χ3n) is 4.97. The van der Waals surface area contributed by atoms with Gasteiger partial charge in [-0.25, -0.2) is 0 Å². The molecule has 1 aromatic carbocycles. The summed E-state index contributed by atoms with van der Waals surface area (Å²) in [5, 5.41) is 0. The molecular formula is C22H29F3O5. The van der Waals surface area contributed by atoms with Crippen LogP contribution in [0.4, 0.5) is 13.2 Å². The highest BCUT2D eigenvalue weighted by Gasteiger charge is 2.29. The molecule has 2 aliphatic heterocycles. The summed E-state index contributed by atoms with van der Waals surface area (Å²) in [6.45, 7) is 3.25. The van der Waals surface area contributed by atoms with E-state index in [2.05, 4.69) is 19.1 Å². The fourth-order valence-electron chi connectivity index (χ4n) is 3.32. The maximum atomic E-state index is 12.2. The quantitative estimate of drug-likeness (QED) is 0.542. The van der Waals surface area contributed by atoms with Gasteiger partial charge >= 0.3 is 6.18 Å². The lowest BCUT2D eigenvalue weighted by molar-refractivity contribution is -0.217. The fraction of sp³-hybridized carbons (Fsp3) is 0.636. The topological polar surface area (TPSA) is 46.2 Å². The first-order valence-corrected chi connectivity index (χ1v) is 10.4. The SMILES string of the molecule is CCC=CC1COC(CCC2COC(c3ccc(OCC(F)(F)F)cc3)OC2)OC1. The van der Waals surface area contributed by atoms with Crippen LogP contribution in [0.3, 0.4) is 0 Å². The molecule has 0 aliphatic carbocycles. The van der Waals surface area contributed by atoms with E-state index in [0.29, 0.717) is 32.3 Å². The van der Waals surface area contributed by atoms with Crippen molar-refractivity contribution in [3.63, 3.8) is 0 Å². The van der Waals surface area contributed by atoms with Crippen LogP contribution in [0, 0.1) is 11.8 Å². The van der Waals surface area contributed by atoms with E-state index in [9.17, 15) is 13.2 Å². The molecule has 3 rings (SSSR count). The van der Waals surface area contributed by atoms with Gasteiger partial charge in [0.2, 0.25) is 0 Å². The summed E-state index contributed by atoms with van der Waals surface area (Å²) in [7, 11) is 0. The number of allylic oxidation sites excluding steroid dienone is 1. The molecule has 0 radical (unpaired) electrons. The first-order valence-electron chi connectivity index (χ1n) is 10.4. The van der Waals surface area contributed by atoms with Crippen LogP contribution in [0.1, 0.15) is 38.0 Å².